The van der Waals surface area contributed by atoms with E-state index in [1.807, 2.05) is 31.2 Å². The predicted molar refractivity (Wildman–Crippen MR) is 118 cm³/mol. The number of esters is 1. The number of hydrogen-bond donors (Lipinski definition) is 0. The zero-order valence-electron chi connectivity index (χ0n) is 16.6. The molecule has 0 spiro atoms. The second-order valence-corrected chi connectivity index (χ2v) is 7.18. The minimum absolute atomic E-state index is 0.137. The van der Waals surface area contributed by atoms with Gasteiger partial charge in [0.25, 0.3) is 0 Å². The lowest BCUT2D eigenvalue weighted by Gasteiger charge is -2.32. The van der Waals surface area contributed by atoms with Gasteiger partial charge in [-0.25, -0.2) is 4.79 Å². The Hall–Kier alpha value is -3.39. The summed E-state index contributed by atoms with van der Waals surface area (Å²) in [4.78, 5) is 12.6. The molecular weight excluding hydrogens is 356 g/mol. The van der Waals surface area contributed by atoms with Crippen LogP contribution in [-0.4, -0.2) is 12.6 Å². The minimum Gasteiger partial charge on any atom is -0.463 e. The van der Waals surface area contributed by atoms with Gasteiger partial charge in [0.1, 0.15) is 0 Å². The van der Waals surface area contributed by atoms with E-state index < -0.39 is 0 Å². The van der Waals surface area contributed by atoms with Crippen LogP contribution < -0.4 is 0 Å². The standard InChI is InChI=1S/C27H24O2/c1-3-29-27(28)19(2)24-18-22-16-10-11-17-23(22)25(20-12-6-4-7-13-20)26(24)21-14-8-5-9-15-21/h4-17,24H,2-3,18H2,1H3. The summed E-state index contributed by atoms with van der Waals surface area (Å²) in [7, 11) is 0. The van der Waals surface area contributed by atoms with E-state index in [4.69, 9.17) is 4.74 Å². The number of carbonyl (C=O) groups is 1. The second kappa shape index (κ2) is 8.32. The fourth-order valence-electron chi connectivity index (χ4n) is 4.13. The van der Waals surface area contributed by atoms with E-state index in [0.29, 0.717) is 12.2 Å². The monoisotopic (exact) mass is 380 g/mol. The van der Waals surface area contributed by atoms with Crippen LogP contribution in [-0.2, 0) is 16.0 Å². The van der Waals surface area contributed by atoms with Crippen LogP contribution in [0.4, 0.5) is 0 Å². The molecule has 0 aliphatic heterocycles. The van der Waals surface area contributed by atoms with Crippen molar-refractivity contribution in [3.63, 3.8) is 0 Å². The Morgan fingerprint density at radius 3 is 2.14 bits per heavy atom. The number of fused-ring (bicyclic) bond motifs is 1. The third-order valence-electron chi connectivity index (χ3n) is 5.43. The zero-order valence-corrected chi connectivity index (χ0v) is 16.6. The van der Waals surface area contributed by atoms with Crippen LogP contribution in [0.5, 0.6) is 0 Å². The van der Waals surface area contributed by atoms with E-state index in [2.05, 4.69) is 67.2 Å². The molecule has 2 heteroatoms. The molecule has 0 amide bonds. The Morgan fingerprint density at radius 2 is 1.48 bits per heavy atom. The smallest absolute Gasteiger partial charge is 0.334 e. The molecule has 0 N–H and O–H groups in total. The molecular formula is C27H24O2. The van der Waals surface area contributed by atoms with Crippen LogP contribution in [0, 0.1) is 5.92 Å². The van der Waals surface area contributed by atoms with Gasteiger partial charge < -0.3 is 4.74 Å². The second-order valence-electron chi connectivity index (χ2n) is 7.18. The summed E-state index contributed by atoms with van der Waals surface area (Å²) >= 11 is 0. The van der Waals surface area contributed by atoms with Crippen molar-refractivity contribution < 1.29 is 9.53 Å². The summed E-state index contributed by atoms with van der Waals surface area (Å²) in [6, 6.07) is 29.1. The van der Waals surface area contributed by atoms with Gasteiger partial charge in [-0.15, -0.1) is 0 Å². The topological polar surface area (TPSA) is 26.3 Å². The van der Waals surface area contributed by atoms with E-state index in [0.717, 1.165) is 28.7 Å². The summed E-state index contributed by atoms with van der Waals surface area (Å²) in [5, 5.41) is 0. The van der Waals surface area contributed by atoms with Crippen LogP contribution in [0.25, 0.3) is 11.1 Å². The normalized spacial score (nSPS) is 15.6. The average molecular weight is 380 g/mol. The molecule has 0 bridgehead atoms. The molecule has 3 aromatic carbocycles. The maximum Gasteiger partial charge on any atom is 0.334 e. The van der Waals surface area contributed by atoms with E-state index in [9.17, 15) is 4.79 Å². The van der Waals surface area contributed by atoms with Gasteiger partial charge in [0, 0.05) is 11.5 Å². The largest absolute Gasteiger partial charge is 0.463 e. The molecule has 0 fully saturated rings. The third kappa shape index (κ3) is 3.66. The van der Waals surface area contributed by atoms with Crippen molar-refractivity contribution >= 4 is 17.1 Å². The molecule has 1 aliphatic rings. The molecule has 0 aromatic heterocycles. The highest BCUT2D eigenvalue weighted by Gasteiger charge is 2.33. The summed E-state index contributed by atoms with van der Waals surface area (Å²) in [6.07, 6.45) is 0.731. The van der Waals surface area contributed by atoms with Gasteiger partial charge in [-0.1, -0.05) is 91.5 Å². The van der Waals surface area contributed by atoms with Crippen LogP contribution in [0.3, 0.4) is 0 Å². The summed E-state index contributed by atoms with van der Waals surface area (Å²) in [5.41, 5.74) is 7.49. The van der Waals surface area contributed by atoms with E-state index in [1.165, 1.54) is 11.1 Å². The SMILES string of the molecule is C=C(C(=O)OCC)C1Cc2ccccc2C(c2ccccc2)=C1c1ccccc1. The molecule has 0 heterocycles. The number of allylic oxidation sites excluding steroid dienone is 1. The van der Waals surface area contributed by atoms with Crippen LogP contribution in [0.1, 0.15) is 29.2 Å². The summed E-state index contributed by atoms with van der Waals surface area (Å²) < 4.78 is 5.31. The lowest BCUT2D eigenvalue weighted by atomic mass is 9.71. The number of hydrogen-bond acceptors (Lipinski definition) is 2. The molecule has 1 atom stereocenters. The highest BCUT2D eigenvalue weighted by atomic mass is 16.5. The van der Waals surface area contributed by atoms with Crippen molar-refractivity contribution in [1.29, 1.82) is 0 Å². The van der Waals surface area contributed by atoms with Gasteiger partial charge in [-0.05, 0) is 46.7 Å². The molecule has 0 saturated heterocycles. The van der Waals surface area contributed by atoms with Gasteiger partial charge in [0.05, 0.1) is 6.61 Å². The number of carbonyl (C=O) groups excluding carboxylic acids is 1. The average Bonchev–Trinajstić information content (AvgIpc) is 2.78. The first-order valence-electron chi connectivity index (χ1n) is 10.00. The van der Waals surface area contributed by atoms with Crippen molar-refractivity contribution in [1.82, 2.24) is 0 Å². The van der Waals surface area contributed by atoms with Crippen LogP contribution in [0.15, 0.2) is 97.1 Å². The number of ether oxygens (including phenoxy) is 1. The summed E-state index contributed by atoms with van der Waals surface area (Å²) in [5.74, 6) is -0.459. The fourth-order valence-corrected chi connectivity index (χ4v) is 4.13. The number of benzene rings is 3. The molecule has 29 heavy (non-hydrogen) atoms. The Balaban J connectivity index is 2.00. The van der Waals surface area contributed by atoms with Gasteiger partial charge in [0.2, 0.25) is 0 Å². The van der Waals surface area contributed by atoms with Crippen LogP contribution in [0.2, 0.25) is 0 Å². The van der Waals surface area contributed by atoms with Gasteiger partial charge in [0.15, 0.2) is 0 Å². The van der Waals surface area contributed by atoms with Gasteiger partial charge in [-0.2, -0.15) is 0 Å². The Bertz CT molecular complexity index is 1060. The molecule has 2 nitrogen and oxygen atoms in total. The lowest BCUT2D eigenvalue weighted by Crippen LogP contribution is -2.23. The Labute approximate surface area is 172 Å². The highest BCUT2D eigenvalue weighted by molar-refractivity contribution is 6.05. The Morgan fingerprint density at radius 1 is 0.897 bits per heavy atom. The molecule has 1 unspecified atom stereocenters. The van der Waals surface area contributed by atoms with Crippen molar-refractivity contribution in [3.05, 3.63) is 119 Å². The van der Waals surface area contributed by atoms with Crippen molar-refractivity contribution in [2.45, 2.75) is 13.3 Å². The number of rotatable bonds is 5. The van der Waals surface area contributed by atoms with Crippen molar-refractivity contribution in [2.75, 3.05) is 6.61 Å². The quantitative estimate of drug-likeness (QED) is 0.405. The highest BCUT2D eigenvalue weighted by Crippen LogP contribution is 2.46. The maximum atomic E-state index is 12.6. The molecule has 4 rings (SSSR count). The van der Waals surface area contributed by atoms with Crippen LogP contribution >= 0.6 is 0 Å². The molecule has 0 saturated carbocycles. The first-order chi connectivity index (χ1) is 14.2. The van der Waals surface area contributed by atoms with Crippen molar-refractivity contribution in [3.8, 4) is 0 Å². The van der Waals surface area contributed by atoms with Crippen molar-refractivity contribution in [2.24, 2.45) is 5.92 Å². The third-order valence-corrected chi connectivity index (χ3v) is 5.43. The van der Waals surface area contributed by atoms with E-state index in [1.54, 1.807) is 0 Å². The first kappa shape index (κ1) is 18.9. The van der Waals surface area contributed by atoms with Gasteiger partial charge in [-0.3, -0.25) is 0 Å². The van der Waals surface area contributed by atoms with Gasteiger partial charge >= 0.3 is 5.97 Å². The maximum absolute atomic E-state index is 12.6. The Kier molecular flexibility index (Phi) is 5.44. The summed E-state index contributed by atoms with van der Waals surface area (Å²) in [6.45, 7) is 6.33. The molecule has 144 valence electrons. The van der Waals surface area contributed by atoms with E-state index in [-0.39, 0.29) is 11.9 Å². The fraction of sp³-hybridized carbons (Fsp3) is 0.148. The lowest BCUT2D eigenvalue weighted by molar-refractivity contribution is -0.138. The zero-order chi connectivity index (χ0) is 20.2. The van der Waals surface area contributed by atoms with E-state index >= 15 is 0 Å². The predicted octanol–water partition coefficient (Wildman–Crippen LogP) is 5.94. The minimum atomic E-state index is -0.322. The molecule has 3 aromatic rings. The molecule has 1 aliphatic carbocycles. The first-order valence-corrected chi connectivity index (χ1v) is 10.00. The molecule has 0 radical (unpaired) electrons.